The molecule has 0 aromatic heterocycles. The predicted octanol–water partition coefficient (Wildman–Crippen LogP) is 3.12. The lowest BCUT2D eigenvalue weighted by Gasteiger charge is -2.39. The molecule has 0 radical (unpaired) electrons. The number of benzene rings is 2. The van der Waals surface area contributed by atoms with Gasteiger partial charge in [-0.05, 0) is 30.2 Å². The number of likely N-dealkylation sites (N-methyl/N-ethyl adjacent to an activating group) is 1. The van der Waals surface area contributed by atoms with E-state index in [-0.39, 0.29) is 25.5 Å². The molecule has 2 aromatic carbocycles. The van der Waals surface area contributed by atoms with Gasteiger partial charge in [0, 0.05) is 54.9 Å². The summed E-state index contributed by atoms with van der Waals surface area (Å²) < 4.78 is 5.83. The largest absolute Gasteiger partial charge is 0.374 e. The summed E-state index contributed by atoms with van der Waals surface area (Å²) in [6.07, 6.45) is 0.580. The number of nitrogens with one attached hydrogen (secondary N) is 2. The second-order valence-electron chi connectivity index (χ2n) is 8.95. The molecule has 2 N–H and O–H groups in total. The van der Waals surface area contributed by atoms with E-state index in [0.717, 1.165) is 11.3 Å². The average Bonchev–Trinajstić information content (AvgIpc) is 2.88. The molecule has 0 spiro atoms. The number of hydrogen-bond donors (Lipinski definition) is 2. The second-order valence-corrected chi connectivity index (χ2v) is 9.82. The fraction of sp³-hybridized carbons (Fsp3) is 0.423. The summed E-state index contributed by atoms with van der Waals surface area (Å²) >= 11 is 12.3. The zero-order chi connectivity index (χ0) is 26.1. The third-order valence-corrected chi connectivity index (χ3v) is 6.77. The quantitative estimate of drug-likeness (QED) is 0.432. The molecule has 1 aliphatic heterocycles. The molecule has 1 saturated heterocycles. The Hall–Kier alpha value is -2.81. The minimum atomic E-state index is -1.38. The molecule has 10 heteroatoms. The lowest BCUT2D eigenvalue weighted by molar-refractivity contribution is -0.140. The molecule has 3 amide bonds. The van der Waals surface area contributed by atoms with Gasteiger partial charge in [0.2, 0.25) is 18.2 Å². The minimum absolute atomic E-state index is 0.0682. The number of nitrogens with zero attached hydrogens (tertiary/aromatic N) is 2. The van der Waals surface area contributed by atoms with Gasteiger partial charge in [-0.3, -0.25) is 14.4 Å². The van der Waals surface area contributed by atoms with Gasteiger partial charge in [0.25, 0.3) is 0 Å². The highest BCUT2D eigenvalue weighted by molar-refractivity contribution is 6.35. The molecule has 1 aliphatic rings. The van der Waals surface area contributed by atoms with Crippen LogP contribution in [-0.4, -0.2) is 68.5 Å². The van der Waals surface area contributed by atoms with Gasteiger partial charge >= 0.3 is 0 Å². The first-order chi connectivity index (χ1) is 17.3. The molecule has 194 valence electrons. The first-order valence-electron chi connectivity index (χ1n) is 11.8. The summed E-state index contributed by atoms with van der Waals surface area (Å²) in [5.74, 6) is -1.02. The highest BCUT2D eigenvalue weighted by Crippen LogP contribution is 2.27. The van der Waals surface area contributed by atoms with Gasteiger partial charge in [-0.2, -0.15) is 0 Å². The summed E-state index contributed by atoms with van der Waals surface area (Å²) in [6, 6.07) is 14.9. The lowest BCUT2D eigenvalue weighted by Crippen LogP contribution is -2.61. The standard InChI is InChI=1S/C26H32Cl2N4O4/c1-19(24(34)32-10-8-31(9-11-32)23-13-21(27)12-22(28)14-23)15-26(30-18-33,25(35)29-2)17-36-16-20-6-4-3-5-7-20/h3-7,12-14,18-19H,8-11,15-17H2,1-2H3,(H,29,35)(H,30,33). The van der Waals surface area contributed by atoms with Crippen LogP contribution in [0.1, 0.15) is 18.9 Å². The van der Waals surface area contributed by atoms with Gasteiger partial charge in [-0.25, -0.2) is 0 Å². The maximum absolute atomic E-state index is 13.3. The van der Waals surface area contributed by atoms with Crippen molar-refractivity contribution in [3.05, 3.63) is 64.1 Å². The number of hydrogen-bond acceptors (Lipinski definition) is 5. The fourth-order valence-electron chi connectivity index (χ4n) is 4.48. The summed E-state index contributed by atoms with van der Waals surface area (Å²) in [5.41, 5.74) is 0.481. The van der Waals surface area contributed by atoms with Gasteiger partial charge in [0.15, 0.2) is 0 Å². The highest BCUT2D eigenvalue weighted by atomic mass is 35.5. The van der Waals surface area contributed by atoms with Crippen LogP contribution in [0.2, 0.25) is 10.0 Å². The van der Waals surface area contributed by atoms with Crippen molar-refractivity contribution >= 4 is 47.1 Å². The third kappa shape index (κ3) is 7.12. The van der Waals surface area contributed by atoms with E-state index in [1.54, 1.807) is 17.9 Å². The molecule has 2 aromatic rings. The molecule has 36 heavy (non-hydrogen) atoms. The number of carbonyl (C=O) groups is 3. The summed E-state index contributed by atoms with van der Waals surface area (Å²) in [4.78, 5) is 41.6. The van der Waals surface area contributed by atoms with Crippen molar-refractivity contribution in [3.63, 3.8) is 0 Å². The Kier molecular flexibility index (Phi) is 9.98. The number of piperazine rings is 1. The van der Waals surface area contributed by atoms with Gasteiger partial charge in [-0.15, -0.1) is 0 Å². The molecular weight excluding hydrogens is 503 g/mol. The van der Waals surface area contributed by atoms with Crippen molar-refractivity contribution < 1.29 is 19.1 Å². The maximum Gasteiger partial charge on any atom is 0.247 e. The number of amides is 3. The first-order valence-corrected chi connectivity index (χ1v) is 12.6. The molecule has 1 heterocycles. The fourth-order valence-corrected chi connectivity index (χ4v) is 5.00. The summed E-state index contributed by atoms with van der Waals surface area (Å²) in [7, 11) is 1.49. The van der Waals surface area contributed by atoms with Crippen LogP contribution in [0.4, 0.5) is 5.69 Å². The average molecular weight is 535 g/mol. The van der Waals surface area contributed by atoms with E-state index in [1.165, 1.54) is 7.05 Å². The zero-order valence-electron chi connectivity index (χ0n) is 20.5. The van der Waals surface area contributed by atoms with E-state index in [1.807, 2.05) is 42.5 Å². The Morgan fingerprint density at radius 1 is 1.08 bits per heavy atom. The van der Waals surface area contributed by atoms with E-state index >= 15 is 0 Å². The third-order valence-electron chi connectivity index (χ3n) is 6.34. The van der Waals surface area contributed by atoms with Crippen molar-refractivity contribution in [3.8, 4) is 0 Å². The minimum Gasteiger partial charge on any atom is -0.374 e. The van der Waals surface area contributed by atoms with Crippen molar-refractivity contribution in [2.75, 3.05) is 44.7 Å². The van der Waals surface area contributed by atoms with Gasteiger partial charge < -0.3 is 25.2 Å². The number of carbonyl (C=O) groups excluding carboxylic acids is 3. The molecule has 3 rings (SSSR count). The topological polar surface area (TPSA) is 91.0 Å². The number of halogens is 2. The van der Waals surface area contributed by atoms with Gasteiger partial charge in [0.1, 0.15) is 5.54 Å². The van der Waals surface area contributed by atoms with Gasteiger partial charge in [0.05, 0.1) is 13.2 Å². The number of ether oxygens (including phenoxy) is 1. The Morgan fingerprint density at radius 3 is 2.31 bits per heavy atom. The van der Waals surface area contributed by atoms with Crippen molar-refractivity contribution in [1.82, 2.24) is 15.5 Å². The zero-order valence-corrected chi connectivity index (χ0v) is 22.0. The highest BCUT2D eigenvalue weighted by Gasteiger charge is 2.41. The van der Waals surface area contributed by atoms with E-state index in [9.17, 15) is 14.4 Å². The van der Waals surface area contributed by atoms with Crippen molar-refractivity contribution in [2.24, 2.45) is 5.92 Å². The molecule has 0 aliphatic carbocycles. The SMILES string of the molecule is CNC(=O)C(COCc1ccccc1)(CC(C)C(=O)N1CCN(c2cc(Cl)cc(Cl)c2)CC1)NC=O. The molecule has 2 atom stereocenters. The van der Waals surface area contributed by atoms with Crippen LogP contribution < -0.4 is 15.5 Å². The Balaban J connectivity index is 1.64. The number of rotatable bonds is 11. The molecule has 1 fully saturated rings. The van der Waals surface area contributed by atoms with Crippen molar-refractivity contribution in [2.45, 2.75) is 25.5 Å². The molecule has 8 nitrogen and oxygen atoms in total. The predicted molar refractivity (Wildman–Crippen MR) is 141 cm³/mol. The van der Waals surface area contributed by atoms with Crippen LogP contribution in [0.15, 0.2) is 48.5 Å². The van der Waals surface area contributed by atoms with Crippen LogP contribution in [0.3, 0.4) is 0 Å². The van der Waals surface area contributed by atoms with E-state index in [0.29, 0.717) is 42.6 Å². The van der Waals surface area contributed by atoms with Crippen molar-refractivity contribution in [1.29, 1.82) is 0 Å². The first kappa shape index (κ1) is 27.8. The second kappa shape index (κ2) is 12.9. The monoisotopic (exact) mass is 534 g/mol. The van der Waals surface area contributed by atoms with E-state index in [4.69, 9.17) is 27.9 Å². The van der Waals surface area contributed by atoms with E-state index < -0.39 is 17.4 Å². The van der Waals surface area contributed by atoms with Crippen LogP contribution >= 0.6 is 23.2 Å². The van der Waals surface area contributed by atoms with Crippen LogP contribution in [0.25, 0.3) is 0 Å². The molecule has 0 bridgehead atoms. The number of anilines is 1. The molecular formula is C26H32Cl2N4O4. The molecule has 2 unspecified atom stereocenters. The van der Waals surface area contributed by atoms with Crippen LogP contribution in [-0.2, 0) is 25.7 Å². The smallest absolute Gasteiger partial charge is 0.247 e. The normalized spacial score (nSPS) is 16.1. The Morgan fingerprint density at radius 2 is 1.72 bits per heavy atom. The lowest BCUT2D eigenvalue weighted by atomic mass is 9.86. The summed E-state index contributed by atoms with van der Waals surface area (Å²) in [6.45, 7) is 4.27. The van der Waals surface area contributed by atoms with Crippen LogP contribution in [0.5, 0.6) is 0 Å². The molecule has 0 saturated carbocycles. The Bertz CT molecular complexity index is 1030. The van der Waals surface area contributed by atoms with E-state index in [2.05, 4.69) is 15.5 Å². The Labute approximate surface area is 221 Å². The van der Waals surface area contributed by atoms with Crippen LogP contribution in [0, 0.1) is 5.92 Å². The summed E-state index contributed by atoms with van der Waals surface area (Å²) in [5, 5.41) is 6.37. The maximum atomic E-state index is 13.3. The van der Waals surface area contributed by atoms with Gasteiger partial charge in [-0.1, -0.05) is 60.5 Å².